The van der Waals surface area contributed by atoms with E-state index < -0.39 is 0 Å². The highest BCUT2D eigenvalue weighted by atomic mass is 16.5. The molecule has 3 atom stereocenters. The molecule has 0 spiro atoms. The Morgan fingerprint density at radius 1 is 1.29 bits per heavy atom. The van der Waals surface area contributed by atoms with Crippen molar-refractivity contribution in [2.24, 2.45) is 5.92 Å². The van der Waals surface area contributed by atoms with Crippen molar-refractivity contribution in [2.45, 2.75) is 31.1 Å². The molecule has 1 saturated carbocycles. The molecular formula is C19H23N3O2. The monoisotopic (exact) mass is 325 g/mol. The molecule has 2 fully saturated rings. The molecule has 1 aromatic carbocycles. The first-order valence-corrected chi connectivity index (χ1v) is 8.68. The van der Waals surface area contributed by atoms with Gasteiger partial charge < -0.3 is 9.64 Å². The summed E-state index contributed by atoms with van der Waals surface area (Å²) < 4.78 is 5.20. The molecule has 0 bridgehead atoms. The summed E-state index contributed by atoms with van der Waals surface area (Å²) in [6, 6.07) is 10.1. The molecule has 5 heteroatoms. The molecule has 0 unspecified atom stereocenters. The second-order valence-electron chi connectivity index (χ2n) is 6.86. The van der Waals surface area contributed by atoms with Gasteiger partial charge in [0, 0.05) is 36.8 Å². The Bertz CT molecular complexity index is 696. The molecule has 1 amide bonds. The van der Waals surface area contributed by atoms with E-state index >= 15 is 0 Å². The molecular weight excluding hydrogens is 302 g/mol. The Morgan fingerprint density at radius 2 is 2.12 bits per heavy atom. The number of carbonyl (C=O) groups excluding carboxylic acids is 1. The predicted molar refractivity (Wildman–Crippen MR) is 91.0 cm³/mol. The minimum Gasteiger partial charge on any atom is -0.497 e. The average molecular weight is 325 g/mol. The number of nitrogens with one attached hydrogen (secondary N) is 1. The number of rotatable bonds is 4. The van der Waals surface area contributed by atoms with Gasteiger partial charge in [0.15, 0.2) is 0 Å². The summed E-state index contributed by atoms with van der Waals surface area (Å²) in [6.07, 6.45) is 4.95. The molecule has 2 aliphatic rings. The average Bonchev–Trinajstić information content (AvgIpc) is 3.25. The van der Waals surface area contributed by atoms with Gasteiger partial charge in [-0.15, -0.1) is 0 Å². The van der Waals surface area contributed by atoms with Crippen LogP contribution in [0.3, 0.4) is 0 Å². The second kappa shape index (κ2) is 6.30. The van der Waals surface area contributed by atoms with Crippen molar-refractivity contribution in [3.8, 4) is 5.75 Å². The van der Waals surface area contributed by atoms with Crippen LogP contribution in [0.1, 0.15) is 42.4 Å². The van der Waals surface area contributed by atoms with Gasteiger partial charge in [-0.1, -0.05) is 12.1 Å². The fourth-order valence-corrected chi connectivity index (χ4v) is 3.85. The summed E-state index contributed by atoms with van der Waals surface area (Å²) in [4.78, 5) is 14.9. The fraction of sp³-hybridized carbons (Fsp3) is 0.474. The summed E-state index contributed by atoms with van der Waals surface area (Å²) in [6.45, 7) is 1.70. The van der Waals surface area contributed by atoms with Crippen molar-refractivity contribution in [1.82, 2.24) is 15.1 Å². The number of methoxy groups -OCH3 is 1. The Morgan fingerprint density at radius 3 is 2.83 bits per heavy atom. The minimum atomic E-state index is 0.152. The van der Waals surface area contributed by atoms with E-state index in [1.807, 2.05) is 18.2 Å². The van der Waals surface area contributed by atoms with Gasteiger partial charge in [0.2, 0.25) is 5.91 Å². The zero-order valence-electron chi connectivity index (χ0n) is 13.9. The van der Waals surface area contributed by atoms with Crippen LogP contribution < -0.4 is 4.74 Å². The van der Waals surface area contributed by atoms with Crippen LogP contribution in [0.5, 0.6) is 5.75 Å². The van der Waals surface area contributed by atoms with Crippen molar-refractivity contribution in [3.63, 3.8) is 0 Å². The van der Waals surface area contributed by atoms with Gasteiger partial charge in [0.1, 0.15) is 5.75 Å². The molecule has 1 aromatic heterocycles. The summed E-state index contributed by atoms with van der Waals surface area (Å²) in [5.41, 5.74) is 2.39. The molecule has 1 aliphatic carbocycles. The minimum absolute atomic E-state index is 0.152. The van der Waals surface area contributed by atoms with Crippen LogP contribution in [0, 0.1) is 5.92 Å². The van der Waals surface area contributed by atoms with E-state index in [1.165, 1.54) is 5.56 Å². The summed E-state index contributed by atoms with van der Waals surface area (Å²) in [5, 5.41) is 7.10. The highest BCUT2D eigenvalue weighted by Crippen LogP contribution is 2.49. The van der Waals surface area contributed by atoms with Crippen LogP contribution in [0.2, 0.25) is 0 Å². The van der Waals surface area contributed by atoms with Crippen LogP contribution >= 0.6 is 0 Å². The van der Waals surface area contributed by atoms with Gasteiger partial charge in [-0.2, -0.15) is 5.10 Å². The van der Waals surface area contributed by atoms with Crippen LogP contribution in [0.4, 0.5) is 0 Å². The third kappa shape index (κ3) is 2.90. The topological polar surface area (TPSA) is 58.2 Å². The standard InChI is InChI=1S/C19H23N3O2/c1-24-15-6-4-13(5-7-15)16-11-17(16)19(23)22-10-2-3-14(12-22)18-8-9-20-21-18/h4-9,14,16-17H,2-3,10-12H2,1H3,(H,20,21)/t14-,16-,17-/m0/s1. The molecule has 1 aliphatic heterocycles. The molecule has 0 radical (unpaired) electrons. The zero-order valence-corrected chi connectivity index (χ0v) is 13.9. The first-order valence-electron chi connectivity index (χ1n) is 8.68. The van der Waals surface area contributed by atoms with E-state index in [4.69, 9.17) is 4.74 Å². The molecule has 4 rings (SSSR count). The normalized spacial score (nSPS) is 26.2. The summed E-state index contributed by atoms with van der Waals surface area (Å²) >= 11 is 0. The number of hydrogen-bond donors (Lipinski definition) is 1. The number of ether oxygens (including phenoxy) is 1. The fourth-order valence-electron chi connectivity index (χ4n) is 3.85. The van der Waals surface area contributed by atoms with Crippen LogP contribution in [0.15, 0.2) is 36.5 Å². The predicted octanol–water partition coefficient (Wildman–Crippen LogP) is 2.93. The third-order valence-corrected chi connectivity index (χ3v) is 5.35. The Balaban J connectivity index is 1.39. The number of aromatic nitrogens is 2. The van der Waals surface area contributed by atoms with E-state index in [0.29, 0.717) is 17.7 Å². The van der Waals surface area contributed by atoms with Gasteiger partial charge in [-0.25, -0.2) is 0 Å². The van der Waals surface area contributed by atoms with Crippen molar-refractivity contribution in [1.29, 1.82) is 0 Å². The number of aromatic amines is 1. The van der Waals surface area contributed by atoms with Gasteiger partial charge in [-0.3, -0.25) is 9.89 Å². The smallest absolute Gasteiger partial charge is 0.226 e. The number of H-pyrrole nitrogens is 1. The number of carbonyl (C=O) groups is 1. The maximum Gasteiger partial charge on any atom is 0.226 e. The van der Waals surface area contributed by atoms with E-state index in [-0.39, 0.29) is 5.92 Å². The molecule has 24 heavy (non-hydrogen) atoms. The Kier molecular flexibility index (Phi) is 4.00. The van der Waals surface area contributed by atoms with Crippen molar-refractivity contribution >= 4 is 5.91 Å². The van der Waals surface area contributed by atoms with E-state index in [0.717, 1.165) is 43.8 Å². The van der Waals surface area contributed by atoms with Gasteiger partial charge in [-0.05, 0) is 48.9 Å². The number of benzene rings is 1. The van der Waals surface area contributed by atoms with E-state index in [1.54, 1.807) is 13.3 Å². The number of amides is 1. The lowest BCUT2D eigenvalue weighted by atomic mass is 9.94. The lowest BCUT2D eigenvalue weighted by Crippen LogP contribution is -2.40. The Labute approximate surface area is 142 Å². The quantitative estimate of drug-likeness (QED) is 0.940. The zero-order chi connectivity index (χ0) is 16.5. The van der Waals surface area contributed by atoms with Crippen molar-refractivity contribution in [2.75, 3.05) is 20.2 Å². The molecule has 2 heterocycles. The molecule has 5 nitrogen and oxygen atoms in total. The molecule has 1 saturated heterocycles. The van der Waals surface area contributed by atoms with Crippen molar-refractivity contribution < 1.29 is 9.53 Å². The highest BCUT2D eigenvalue weighted by molar-refractivity contribution is 5.83. The Hall–Kier alpha value is -2.30. The van der Waals surface area contributed by atoms with Gasteiger partial charge in [0.05, 0.1) is 7.11 Å². The van der Waals surface area contributed by atoms with Crippen LogP contribution in [0.25, 0.3) is 0 Å². The second-order valence-corrected chi connectivity index (χ2v) is 6.86. The summed E-state index contributed by atoms with van der Waals surface area (Å²) in [5.74, 6) is 2.10. The first-order chi connectivity index (χ1) is 11.8. The first kappa shape index (κ1) is 15.2. The SMILES string of the molecule is COc1ccc([C@@H]2C[C@@H]2C(=O)N2CCC[C@H](c3ccn[nH]3)C2)cc1. The highest BCUT2D eigenvalue weighted by Gasteiger charge is 2.46. The lowest BCUT2D eigenvalue weighted by Gasteiger charge is -2.32. The number of hydrogen-bond acceptors (Lipinski definition) is 3. The van der Waals surface area contributed by atoms with Crippen LogP contribution in [-0.4, -0.2) is 41.2 Å². The van der Waals surface area contributed by atoms with Crippen LogP contribution in [-0.2, 0) is 4.79 Å². The molecule has 126 valence electrons. The van der Waals surface area contributed by atoms with Gasteiger partial charge >= 0.3 is 0 Å². The molecule has 2 aromatic rings. The summed E-state index contributed by atoms with van der Waals surface area (Å²) in [7, 11) is 1.67. The molecule has 1 N–H and O–H groups in total. The maximum absolute atomic E-state index is 12.9. The van der Waals surface area contributed by atoms with Gasteiger partial charge in [0.25, 0.3) is 0 Å². The van der Waals surface area contributed by atoms with Crippen molar-refractivity contribution in [3.05, 3.63) is 47.8 Å². The number of likely N-dealkylation sites (tertiary alicyclic amines) is 1. The largest absolute Gasteiger partial charge is 0.497 e. The van der Waals surface area contributed by atoms with E-state index in [2.05, 4.69) is 27.2 Å². The lowest BCUT2D eigenvalue weighted by molar-refractivity contribution is -0.133. The number of piperidine rings is 1. The van der Waals surface area contributed by atoms with E-state index in [9.17, 15) is 4.79 Å². The third-order valence-electron chi connectivity index (χ3n) is 5.35. The number of nitrogens with zero attached hydrogens (tertiary/aromatic N) is 2. The maximum atomic E-state index is 12.9.